The highest BCUT2D eigenvalue weighted by Gasteiger charge is 2.35. The molecule has 0 aromatic heterocycles. The summed E-state index contributed by atoms with van der Waals surface area (Å²) in [6, 6.07) is 5.66. The van der Waals surface area contributed by atoms with Gasteiger partial charge in [0.1, 0.15) is 17.7 Å². The van der Waals surface area contributed by atoms with Crippen LogP contribution in [0.25, 0.3) is 0 Å². The van der Waals surface area contributed by atoms with Crippen molar-refractivity contribution in [1.82, 2.24) is 4.90 Å². The first-order valence-corrected chi connectivity index (χ1v) is 7.87. The minimum absolute atomic E-state index is 0.257. The minimum atomic E-state index is -0.260. The van der Waals surface area contributed by atoms with Gasteiger partial charge in [-0.15, -0.1) is 0 Å². The summed E-state index contributed by atoms with van der Waals surface area (Å²) in [5.74, 6) is 0.382. The number of hydrogen-bond acceptors (Lipinski definition) is 2. The van der Waals surface area contributed by atoms with E-state index in [-0.39, 0.29) is 11.9 Å². The van der Waals surface area contributed by atoms with Crippen LogP contribution < -0.4 is 4.74 Å². The maximum atomic E-state index is 13.4. The fourth-order valence-electron chi connectivity index (χ4n) is 2.96. The van der Waals surface area contributed by atoms with Gasteiger partial charge >= 0.3 is 0 Å². The lowest BCUT2D eigenvalue weighted by atomic mass is 9.86. The van der Waals surface area contributed by atoms with E-state index < -0.39 is 0 Å². The second-order valence-electron chi connectivity index (χ2n) is 5.54. The Morgan fingerprint density at radius 2 is 1.89 bits per heavy atom. The lowest BCUT2D eigenvalue weighted by molar-refractivity contribution is 0.00878. The highest BCUT2D eigenvalue weighted by molar-refractivity contribution is 9.10. The van der Waals surface area contributed by atoms with Crippen molar-refractivity contribution >= 4 is 15.9 Å². The average Bonchev–Trinajstić information content (AvgIpc) is 2.38. The zero-order valence-corrected chi connectivity index (χ0v) is 12.5. The molecule has 4 heteroatoms. The van der Waals surface area contributed by atoms with Crippen LogP contribution in [0.1, 0.15) is 32.1 Å². The molecule has 0 unspecified atom stereocenters. The Morgan fingerprint density at radius 1 is 1.16 bits per heavy atom. The molecular weight excluding hydrogens is 309 g/mol. The van der Waals surface area contributed by atoms with Gasteiger partial charge in [-0.1, -0.05) is 6.42 Å². The number of likely N-dealkylation sites (tertiary alicyclic amines) is 1. The molecule has 3 rings (SSSR count). The van der Waals surface area contributed by atoms with Crippen LogP contribution in [-0.2, 0) is 0 Å². The zero-order chi connectivity index (χ0) is 13.2. The van der Waals surface area contributed by atoms with Gasteiger partial charge in [0, 0.05) is 24.9 Å². The van der Waals surface area contributed by atoms with Crippen molar-refractivity contribution in [2.45, 2.75) is 44.2 Å². The Labute approximate surface area is 122 Å². The standard InChI is InChI=1S/C15H19BrFNO/c16-14-5-4-12(10-15(14)17)19-13-8-11(9-13)18-6-2-1-3-7-18/h4-5,10-11,13H,1-3,6-9H2/t11-,13-. The van der Waals surface area contributed by atoms with Crippen molar-refractivity contribution in [3.05, 3.63) is 28.5 Å². The summed E-state index contributed by atoms with van der Waals surface area (Å²) in [4.78, 5) is 2.59. The zero-order valence-electron chi connectivity index (χ0n) is 10.9. The van der Waals surface area contributed by atoms with Crippen LogP contribution in [0.5, 0.6) is 5.75 Å². The molecule has 0 spiro atoms. The molecule has 1 aromatic carbocycles. The van der Waals surface area contributed by atoms with Crippen LogP contribution in [0.15, 0.2) is 22.7 Å². The van der Waals surface area contributed by atoms with Crippen LogP contribution in [0.2, 0.25) is 0 Å². The monoisotopic (exact) mass is 327 g/mol. The van der Waals surface area contributed by atoms with Crippen LogP contribution in [0.3, 0.4) is 0 Å². The number of piperidine rings is 1. The third-order valence-corrected chi connectivity index (χ3v) is 4.81. The van der Waals surface area contributed by atoms with Gasteiger partial charge in [0.25, 0.3) is 0 Å². The van der Waals surface area contributed by atoms with E-state index in [4.69, 9.17) is 4.74 Å². The molecule has 0 bridgehead atoms. The molecule has 0 amide bonds. The van der Waals surface area contributed by atoms with Gasteiger partial charge in [-0.25, -0.2) is 4.39 Å². The van der Waals surface area contributed by atoms with Crippen molar-refractivity contribution in [1.29, 1.82) is 0 Å². The van der Waals surface area contributed by atoms with Gasteiger partial charge in [0.05, 0.1) is 4.47 Å². The van der Waals surface area contributed by atoms with E-state index in [1.807, 2.05) is 6.07 Å². The number of nitrogens with zero attached hydrogens (tertiary/aromatic N) is 1. The largest absolute Gasteiger partial charge is 0.490 e. The average molecular weight is 328 g/mol. The van der Waals surface area contributed by atoms with Crippen molar-refractivity contribution < 1.29 is 9.13 Å². The van der Waals surface area contributed by atoms with Gasteiger partial charge in [-0.05, 0) is 54.0 Å². The predicted octanol–water partition coefficient (Wildman–Crippen LogP) is 3.98. The maximum absolute atomic E-state index is 13.4. The molecule has 19 heavy (non-hydrogen) atoms. The van der Waals surface area contributed by atoms with E-state index in [0.717, 1.165) is 12.8 Å². The summed E-state index contributed by atoms with van der Waals surface area (Å²) in [6.07, 6.45) is 6.46. The van der Waals surface area contributed by atoms with E-state index in [9.17, 15) is 4.39 Å². The molecule has 1 aliphatic carbocycles. The second-order valence-corrected chi connectivity index (χ2v) is 6.39. The summed E-state index contributed by atoms with van der Waals surface area (Å²) in [7, 11) is 0. The molecule has 0 atom stereocenters. The number of hydrogen-bond donors (Lipinski definition) is 0. The van der Waals surface area contributed by atoms with Crippen LogP contribution in [-0.4, -0.2) is 30.1 Å². The summed E-state index contributed by atoms with van der Waals surface area (Å²) in [5, 5.41) is 0. The fraction of sp³-hybridized carbons (Fsp3) is 0.600. The van der Waals surface area contributed by atoms with E-state index in [1.165, 1.54) is 38.4 Å². The summed E-state index contributed by atoms with van der Waals surface area (Å²) in [6.45, 7) is 2.48. The fourth-order valence-corrected chi connectivity index (χ4v) is 3.21. The summed E-state index contributed by atoms with van der Waals surface area (Å²) < 4.78 is 19.7. The van der Waals surface area contributed by atoms with Crippen molar-refractivity contribution in [2.24, 2.45) is 0 Å². The first-order chi connectivity index (χ1) is 9.22. The van der Waals surface area contributed by atoms with Crippen molar-refractivity contribution in [3.63, 3.8) is 0 Å². The first-order valence-electron chi connectivity index (χ1n) is 7.08. The molecule has 1 heterocycles. The summed E-state index contributed by atoms with van der Waals surface area (Å²) in [5.41, 5.74) is 0. The lowest BCUT2D eigenvalue weighted by Gasteiger charge is -2.44. The molecule has 1 aliphatic heterocycles. The number of rotatable bonds is 3. The van der Waals surface area contributed by atoms with Crippen LogP contribution in [0, 0.1) is 5.82 Å². The molecule has 1 saturated carbocycles. The Morgan fingerprint density at radius 3 is 2.58 bits per heavy atom. The van der Waals surface area contributed by atoms with Gasteiger partial charge in [0.2, 0.25) is 0 Å². The molecule has 2 fully saturated rings. The molecule has 0 N–H and O–H groups in total. The van der Waals surface area contributed by atoms with Gasteiger partial charge in [-0.2, -0.15) is 0 Å². The summed E-state index contributed by atoms with van der Waals surface area (Å²) >= 11 is 3.15. The topological polar surface area (TPSA) is 12.5 Å². The number of benzene rings is 1. The van der Waals surface area contributed by atoms with Gasteiger partial charge in [0.15, 0.2) is 0 Å². The normalized spacial score (nSPS) is 27.9. The first kappa shape index (κ1) is 13.4. The Kier molecular flexibility index (Phi) is 4.08. The minimum Gasteiger partial charge on any atom is -0.490 e. The molecular formula is C15H19BrFNO. The molecule has 104 valence electrons. The van der Waals surface area contributed by atoms with Crippen molar-refractivity contribution in [2.75, 3.05) is 13.1 Å². The maximum Gasteiger partial charge on any atom is 0.141 e. The molecule has 2 aliphatic rings. The van der Waals surface area contributed by atoms with E-state index in [1.54, 1.807) is 6.07 Å². The predicted molar refractivity (Wildman–Crippen MR) is 77.0 cm³/mol. The SMILES string of the molecule is Fc1cc(O[C@H]2C[C@H](N3CCCCC3)C2)ccc1Br. The highest BCUT2D eigenvalue weighted by Crippen LogP contribution is 2.32. The highest BCUT2D eigenvalue weighted by atomic mass is 79.9. The van der Waals surface area contributed by atoms with Crippen molar-refractivity contribution in [3.8, 4) is 5.75 Å². The Balaban J connectivity index is 1.49. The third kappa shape index (κ3) is 3.11. The smallest absolute Gasteiger partial charge is 0.141 e. The Bertz CT molecular complexity index is 442. The van der Waals surface area contributed by atoms with E-state index in [0.29, 0.717) is 16.3 Å². The van der Waals surface area contributed by atoms with Crippen LogP contribution >= 0.6 is 15.9 Å². The van der Waals surface area contributed by atoms with Gasteiger partial charge < -0.3 is 9.64 Å². The number of ether oxygens (including phenoxy) is 1. The lowest BCUT2D eigenvalue weighted by Crippen LogP contribution is -2.50. The van der Waals surface area contributed by atoms with E-state index >= 15 is 0 Å². The molecule has 2 nitrogen and oxygen atoms in total. The number of halogens is 2. The van der Waals surface area contributed by atoms with Gasteiger partial charge in [-0.3, -0.25) is 0 Å². The second kappa shape index (κ2) is 5.80. The van der Waals surface area contributed by atoms with Crippen LogP contribution in [0.4, 0.5) is 4.39 Å². The third-order valence-electron chi connectivity index (χ3n) is 4.17. The van der Waals surface area contributed by atoms with E-state index in [2.05, 4.69) is 20.8 Å². The molecule has 1 aromatic rings. The molecule has 0 radical (unpaired) electrons. The quantitative estimate of drug-likeness (QED) is 0.832. The molecule has 1 saturated heterocycles. The Hall–Kier alpha value is -0.610.